The Bertz CT molecular complexity index is 1080. The van der Waals surface area contributed by atoms with Gasteiger partial charge in [-0.2, -0.15) is 0 Å². The van der Waals surface area contributed by atoms with Gasteiger partial charge in [0.1, 0.15) is 11.6 Å². The third kappa shape index (κ3) is 3.38. The molecule has 0 amide bonds. The molecule has 1 unspecified atom stereocenters. The van der Waals surface area contributed by atoms with Crippen molar-refractivity contribution in [3.8, 4) is 0 Å². The van der Waals surface area contributed by atoms with Crippen LogP contribution in [0.25, 0.3) is 11.1 Å². The van der Waals surface area contributed by atoms with E-state index in [0.717, 1.165) is 18.4 Å². The van der Waals surface area contributed by atoms with E-state index in [2.05, 4.69) is 0 Å². The molecule has 1 atom stereocenters. The van der Waals surface area contributed by atoms with Crippen LogP contribution in [0, 0.1) is 11.6 Å². The monoisotopic (exact) mass is 394 g/mol. The molecule has 27 heavy (non-hydrogen) atoms. The SMILES string of the molecule is COC1(C)OC(=O)C(c2cccc(F)c2)=C1c1ccc(S(C)(=O)=O)cc1F. The third-order valence-electron chi connectivity index (χ3n) is 4.34. The Kier molecular flexibility index (Phi) is 4.65. The first-order chi connectivity index (χ1) is 12.6. The van der Waals surface area contributed by atoms with Crippen LogP contribution in [-0.4, -0.2) is 33.5 Å². The number of esters is 1. The van der Waals surface area contributed by atoms with Gasteiger partial charge in [0.25, 0.3) is 0 Å². The van der Waals surface area contributed by atoms with Crippen LogP contribution in [0.2, 0.25) is 0 Å². The van der Waals surface area contributed by atoms with E-state index in [1.54, 1.807) is 0 Å². The highest BCUT2D eigenvalue weighted by molar-refractivity contribution is 7.90. The van der Waals surface area contributed by atoms with Crippen LogP contribution >= 0.6 is 0 Å². The normalized spacial score (nSPS) is 20.1. The quantitative estimate of drug-likeness (QED) is 0.745. The Labute approximate surface area is 155 Å². The number of carbonyl (C=O) groups excluding carboxylic acids is 1. The van der Waals surface area contributed by atoms with Crippen LogP contribution in [0.3, 0.4) is 0 Å². The van der Waals surface area contributed by atoms with Crippen molar-refractivity contribution in [1.82, 2.24) is 0 Å². The second kappa shape index (κ2) is 6.54. The molecule has 2 aromatic rings. The van der Waals surface area contributed by atoms with Crippen molar-refractivity contribution in [1.29, 1.82) is 0 Å². The molecule has 1 aliphatic rings. The zero-order valence-corrected chi connectivity index (χ0v) is 15.6. The number of hydrogen-bond acceptors (Lipinski definition) is 5. The second-order valence-corrected chi connectivity index (χ2v) is 8.23. The van der Waals surface area contributed by atoms with Gasteiger partial charge in [0.2, 0.25) is 5.79 Å². The van der Waals surface area contributed by atoms with Crippen LogP contribution in [0.5, 0.6) is 0 Å². The summed E-state index contributed by atoms with van der Waals surface area (Å²) in [7, 11) is -2.33. The Morgan fingerprint density at radius 2 is 1.81 bits per heavy atom. The summed E-state index contributed by atoms with van der Waals surface area (Å²) < 4.78 is 62.4. The van der Waals surface area contributed by atoms with Crippen molar-refractivity contribution in [3.63, 3.8) is 0 Å². The summed E-state index contributed by atoms with van der Waals surface area (Å²) in [6, 6.07) is 8.56. The highest BCUT2D eigenvalue weighted by atomic mass is 32.2. The Morgan fingerprint density at radius 3 is 2.37 bits per heavy atom. The van der Waals surface area contributed by atoms with Gasteiger partial charge in [-0.3, -0.25) is 0 Å². The first kappa shape index (κ1) is 19.2. The lowest BCUT2D eigenvalue weighted by molar-refractivity contribution is -0.178. The smallest absolute Gasteiger partial charge is 0.342 e. The molecular weight excluding hydrogens is 378 g/mol. The molecule has 2 aromatic carbocycles. The average molecular weight is 394 g/mol. The number of ether oxygens (including phenoxy) is 2. The van der Waals surface area contributed by atoms with E-state index < -0.39 is 33.2 Å². The summed E-state index contributed by atoms with van der Waals surface area (Å²) in [6.45, 7) is 1.43. The predicted octanol–water partition coefficient (Wildman–Crippen LogP) is 3.20. The van der Waals surface area contributed by atoms with Crippen molar-refractivity contribution in [3.05, 3.63) is 65.2 Å². The average Bonchev–Trinajstić information content (AvgIpc) is 2.85. The van der Waals surface area contributed by atoms with Crippen molar-refractivity contribution in [2.45, 2.75) is 17.6 Å². The molecule has 142 valence electrons. The maximum absolute atomic E-state index is 14.8. The maximum Gasteiger partial charge on any atom is 0.342 e. The predicted molar refractivity (Wildman–Crippen MR) is 94.2 cm³/mol. The minimum Gasteiger partial charge on any atom is -0.425 e. The van der Waals surface area contributed by atoms with Crippen molar-refractivity contribution in [2.24, 2.45) is 0 Å². The second-order valence-electron chi connectivity index (χ2n) is 6.21. The lowest BCUT2D eigenvalue weighted by atomic mass is 9.91. The maximum atomic E-state index is 14.8. The fourth-order valence-electron chi connectivity index (χ4n) is 2.97. The van der Waals surface area contributed by atoms with Crippen LogP contribution in [0.1, 0.15) is 18.1 Å². The minimum atomic E-state index is -3.62. The number of benzene rings is 2. The zero-order chi connectivity index (χ0) is 20.0. The molecule has 8 heteroatoms. The summed E-state index contributed by atoms with van der Waals surface area (Å²) in [6.07, 6.45) is 0.959. The molecule has 0 saturated carbocycles. The summed E-state index contributed by atoms with van der Waals surface area (Å²) in [5.41, 5.74) is 0.127. The van der Waals surface area contributed by atoms with E-state index in [1.807, 2.05) is 0 Å². The molecule has 0 fully saturated rings. The van der Waals surface area contributed by atoms with Gasteiger partial charge in [0, 0.05) is 31.4 Å². The molecule has 5 nitrogen and oxygen atoms in total. The van der Waals surface area contributed by atoms with Crippen LogP contribution < -0.4 is 0 Å². The molecule has 0 spiro atoms. The molecule has 1 aliphatic heterocycles. The van der Waals surface area contributed by atoms with Gasteiger partial charge in [-0.1, -0.05) is 18.2 Å². The number of sulfone groups is 1. The summed E-state index contributed by atoms with van der Waals surface area (Å²) in [5.74, 6) is -3.87. The van der Waals surface area contributed by atoms with Crippen LogP contribution in [0.15, 0.2) is 47.4 Å². The molecule has 0 aliphatic carbocycles. The minimum absolute atomic E-state index is 0.0511. The van der Waals surface area contributed by atoms with E-state index in [0.29, 0.717) is 0 Å². The summed E-state index contributed by atoms with van der Waals surface area (Å²) >= 11 is 0. The summed E-state index contributed by atoms with van der Waals surface area (Å²) in [5, 5.41) is 0. The van der Waals surface area contributed by atoms with Gasteiger partial charge in [-0.15, -0.1) is 0 Å². The number of carbonyl (C=O) groups is 1. The molecule has 0 radical (unpaired) electrons. The first-order valence-electron chi connectivity index (χ1n) is 7.86. The van der Waals surface area contributed by atoms with E-state index in [9.17, 15) is 22.0 Å². The first-order valence-corrected chi connectivity index (χ1v) is 9.75. The topological polar surface area (TPSA) is 69.7 Å². The third-order valence-corrected chi connectivity index (χ3v) is 5.45. The Hall–Kier alpha value is -2.58. The molecule has 0 bridgehead atoms. The van der Waals surface area contributed by atoms with E-state index in [1.165, 1.54) is 44.4 Å². The number of cyclic esters (lactones) is 1. The number of rotatable bonds is 4. The molecule has 0 aromatic heterocycles. The van der Waals surface area contributed by atoms with Crippen molar-refractivity contribution >= 4 is 27.0 Å². The largest absolute Gasteiger partial charge is 0.425 e. The number of methoxy groups -OCH3 is 1. The van der Waals surface area contributed by atoms with Gasteiger partial charge in [0.15, 0.2) is 9.84 Å². The van der Waals surface area contributed by atoms with E-state index >= 15 is 0 Å². The van der Waals surface area contributed by atoms with Crippen molar-refractivity contribution < 1.29 is 31.5 Å². The molecule has 3 rings (SSSR count). The standard InChI is InChI=1S/C19H16F2O5S/c1-19(25-2)17(14-8-7-13(10-15(14)21)27(3,23)24)16(18(22)26-19)11-5-4-6-12(20)9-11/h4-10H,1-3H3. The molecule has 0 N–H and O–H groups in total. The zero-order valence-electron chi connectivity index (χ0n) is 14.7. The van der Waals surface area contributed by atoms with Gasteiger partial charge < -0.3 is 9.47 Å². The molecule has 1 heterocycles. The summed E-state index contributed by atoms with van der Waals surface area (Å²) in [4.78, 5) is 12.3. The number of halogens is 2. The Balaban J connectivity index is 2.32. The van der Waals surface area contributed by atoms with E-state index in [-0.39, 0.29) is 27.2 Å². The number of hydrogen-bond donors (Lipinski definition) is 0. The molecular formula is C19H16F2O5S. The van der Waals surface area contributed by atoms with Gasteiger partial charge in [-0.25, -0.2) is 22.0 Å². The van der Waals surface area contributed by atoms with Crippen LogP contribution in [-0.2, 0) is 24.1 Å². The van der Waals surface area contributed by atoms with E-state index in [4.69, 9.17) is 9.47 Å². The van der Waals surface area contributed by atoms with Crippen molar-refractivity contribution in [2.75, 3.05) is 13.4 Å². The fourth-order valence-corrected chi connectivity index (χ4v) is 3.60. The van der Waals surface area contributed by atoms with Gasteiger partial charge in [-0.05, 0) is 29.8 Å². The fraction of sp³-hybridized carbons (Fsp3) is 0.211. The van der Waals surface area contributed by atoms with Crippen LogP contribution in [0.4, 0.5) is 8.78 Å². The Morgan fingerprint density at radius 1 is 1.11 bits per heavy atom. The highest BCUT2D eigenvalue weighted by Gasteiger charge is 2.46. The molecule has 0 saturated heterocycles. The van der Waals surface area contributed by atoms with Gasteiger partial charge in [0.05, 0.1) is 10.5 Å². The lowest BCUT2D eigenvalue weighted by Gasteiger charge is -2.25. The van der Waals surface area contributed by atoms with Gasteiger partial charge >= 0.3 is 5.97 Å². The lowest BCUT2D eigenvalue weighted by Crippen LogP contribution is -2.29. The highest BCUT2D eigenvalue weighted by Crippen LogP contribution is 2.45.